The Morgan fingerprint density at radius 3 is 2.25 bits per heavy atom. The third kappa shape index (κ3) is 6.43. The molecule has 4 rings (SSSR count). The predicted molar refractivity (Wildman–Crippen MR) is 140 cm³/mol. The van der Waals surface area contributed by atoms with E-state index in [9.17, 15) is 0 Å². The molecule has 2 fully saturated rings. The molecule has 1 aromatic carbocycles. The van der Waals surface area contributed by atoms with E-state index in [1.807, 2.05) is 18.5 Å². The first-order valence-electron chi connectivity index (χ1n) is 11.8. The molecule has 7 nitrogen and oxygen atoms in total. The third-order valence-corrected chi connectivity index (χ3v) is 6.96. The minimum Gasteiger partial charge on any atom is -0.354 e. The van der Waals surface area contributed by atoms with Crippen LogP contribution in [0.15, 0.2) is 35.3 Å². The molecule has 0 radical (unpaired) electrons. The van der Waals surface area contributed by atoms with Gasteiger partial charge < -0.3 is 15.2 Å². The number of piperidine rings is 1. The third-order valence-electron chi connectivity index (χ3n) is 6.96. The SMILES string of the molecule is Cc1nnc(CN=C(NC2CCCC2)NC2CCN(C(C)c3ccccc3)CC2)n1C.I. The number of rotatable bonds is 6. The molecule has 32 heavy (non-hydrogen) atoms. The van der Waals surface area contributed by atoms with Gasteiger partial charge in [-0.2, -0.15) is 0 Å². The Morgan fingerprint density at radius 2 is 1.66 bits per heavy atom. The quantitative estimate of drug-likeness (QED) is 0.324. The van der Waals surface area contributed by atoms with Crippen LogP contribution < -0.4 is 10.6 Å². The van der Waals surface area contributed by atoms with Crippen molar-refractivity contribution >= 4 is 29.9 Å². The first-order chi connectivity index (χ1) is 15.1. The monoisotopic (exact) mass is 551 g/mol. The largest absolute Gasteiger partial charge is 0.354 e. The van der Waals surface area contributed by atoms with Crippen molar-refractivity contribution in [2.24, 2.45) is 12.0 Å². The van der Waals surface area contributed by atoms with Gasteiger partial charge in [-0.1, -0.05) is 43.2 Å². The van der Waals surface area contributed by atoms with Crippen LogP contribution in [0.3, 0.4) is 0 Å². The maximum atomic E-state index is 4.88. The summed E-state index contributed by atoms with van der Waals surface area (Å²) in [5.41, 5.74) is 1.40. The molecule has 1 unspecified atom stereocenters. The van der Waals surface area contributed by atoms with E-state index in [2.05, 4.69) is 63.0 Å². The highest BCUT2D eigenvalue weighted by molar-refractivity contribution is 14.0. The summed E-state index contributed by atoms with van der Waals surface area (Å²) in [4.78, 5) is 7.48. The normalized spacial score (nSPS) is 19.5. The number of aromatic nitrogens is 3. The molecule has 2 heterocycles. The standard InChI is InChI=1S/C24H37N7.HI/c1-18(20-9-5-4-6-10-20)31-15-13-22(14-16-31)27-24(26-21-11-7-8-12-21)25-17-23-29-28-19(2)30(23)3;/h4-6,9-10,18,21-22H,7-8,11-17H2,1-3H3,(H2,25,26,27);1H. The van der Waals surface area contributed by atoms with Gasteiger partial charge in [0.05, 0.1) is 0 Å². The molecule has 0 amide bonds. The van der Waals surface area contributed by atoms with Crippen LogP contribution >= 0.6 is 24.0 Å². The maximum Gasteiger partial charge on any atom is 0.192 e. The molecule has 1 aliphatic heterocycles. The minimum atomic E-state index is 0. The number of halogens is 1. The topological polar surface area (TPSA) is 70.4 Å². The van der Waals surface area contributed by atoms with E-state index in [1.54, 1.807) is 0 Å². The van der Waals surface area contributed by atoms with Gasteiger partial charge in [-0.25, -0.2) is 4.99 Å². The highest BCUT2D eigenvalue weighted by Crippen LogP contribution is 2.24. The van der Waals surface area contributed by atoms with Crippen molar-refractivity contribution in [1.29, 1.82) is 0 Å². The van der Waals surface area contributed by atoms with E-state index in [-0.39, 0.29) is 24.0 Å². The first kappa shape index (κ1) is 25.0. The minimum absolute atomic E-state index is 0. The lowest BCUT2D eigenvalue weighted by Crippen LogP contribution is -2.50. The summed E-state index contributed by atoms with van der Waals surface area (Å²) in [6.07, 6.45) is 7.34. The molecule has 2 aliphatic rings. The Labute approximate surface area is 209 Å². The first-order valence-corrected chi connectivity index (χ1v) is 11.8. The molecule has 1 saturated carbocycles. The second kappa shape index (κ2) is 12.0. The van der Waals surface area contributed by atoms with E-state index in [1.165, 1.54) is 31.2 Å². The van der Waals surface area contributed by atoms with Gasteiger partial charge in [-0.15, -0.1) is 34.2 Å². The smallest absolute Gasteiger partial charge is 0.192 e. The molecule has 1 aliphatic carbocycles. The Bertz CT molecular complexity index is 852. The summed E-state index contributed by atoms with van der Waals surface area (Å²) < 4.78 is 2.01. The molecular weight excluding hydrogens is 513 g/mol. The number of likely N-dealkylation sites (tertiary alicyclic amines) is 1. The van der Waals surface area contributed by atoms with E-state index < -0.39 is 0 Å². The molecule has 0 bridgehead atoms. The second-order valence-corrected chi connectivity index (χ2v) is 9.05. The number of nitrogens with one attached hydrogen (secondary N) is 2. The summed E-state index contributed by atoms with van der Waals surface area (Å²) in [7, 11) is 2.00. The van der Waals surface area contributed by atoms with Gasteiger partial charge in [0.2, 0.25) is 0 Å². The van der Waals surface area contributed by atoms with Crippen molar-refractivity contribution in [3.05, 3.63) is 47.5 Å². The van der Waals surface area contributed by atoms with Crippen LogP contribution in [0, 0.1) is 6.92 Å². The fourth-order valence-corrected chi connectivity index (χ4v) is 4.70. The van der Waals surface area contributed by atoms with E-state index in [0.717, 1.165) is 43.5 Å². The lowest BCUT2D eigenvalue weighted by Gasteiger charge is -2.37. The van der Waals surface area contributed by atoms with Gasteiger partial charge in [0.1, 0.15) is 12.4 Å². The zero-order valence-electron chi connectivity index (χ0n) is 19.6. The van der Waals surface area contributed by atoms with Gasteiger partial charge >= 0.3 is 0 Å². The fraction of sp³-hybridized carbons (Fsp3) is 0.625. The highest BCUT2D eigenvalue weighted by Gasteiger charge is 2.25. The number of aliphatic imine (C=N–C) groups is 1. The summed E-state index contributed by atoms with van der Waals surface area (Å²) in [6.45, 7) is 7.05. The maximum absolute atomic E-state index is 4.88. The average molecular weight is 552 g/mol. The average Bonchev–Trinajstić information content (AvgIpc) is 3.43. The number of guanidine groups is 1. The van der Waals surface area contributed by atoms with Crippen molar-refractivity contribution in [2.45, 2.75) is 77.0 Å². The Balaban J connectivity index is 0.00000289. The number of hydrogen-bond acceptors (Lipinski definition) is 4. The van der Waals surface area contributed by atoms with Crippen LogP contribution in [0.4, 0.5) is 0 Å². The van der Waals surface area contributed by atoms with Crippen molar-refractivity contribution in [3.63, 3.8) is 0 Å². The Kier molecular flexibility index (Phi) is 9.34. The van der Waals surface area contributed by atoms with E-state index >= 15 is 0 Å². The zero-order valence-corrected chi connectivity index (χ0v) is 22.0. The molecule has 2 N–H and O–H groups in total. The van der Waals surface area contributed by atoms with Crippen LogP contribution in [-0.2, 0) is 13.6 Å². The Hall–Kier alpha value is -1.68. The van der Waals surface area contributed by atoms with Crippen LogP contribution in [-0.4, -0.2) is 50.8 Å². The summed E-state index contributed by atoms with van der Waals surface area (Å²) >= 11 is 0. The zero-order chi connectivity index (χ0) is 21.6. The molecule has 176 valence electrons. The van der Waals surface area contributed by atoms with Gasteiger partial charge in [0, 0.05) is 38.3 Å². The number of hydrogen-bond donors (Lipinski definition) is 2. The molecule has 1 atom stereocenters. The van der Waals surface area contributed by atoms with Gasteiger partial charge in [-0.05, 0) is 45.1 Å². The molecule has 8 heteroatoms. The van der Waals surface area contributed by atoms with Crippen LogP contribution in [0.25, 0.3) is 0 Å². The lowest BCUT2D eigenvalue weighted by molar-refractivity contribution is 0.158. The van der Waals surface area contributed by atoms with E-state index in [4.69, 9.17) is 4.99 Å². The van der Waals surface area contributed by atoms with Gasteiger partial charge in [0.25, 0.3) is 0 Å². The summed E-state index contributed by atoms with van der Waals surface area (Å²) in [6, 6.07) is 12.3. The fourth-order valence-electron chi connectivity index (χ4n) is 4.70. The van der Waals surface area contributed by atoms with Crippen molar-refractivity contribution < 1.29 is 0 Å². The van der Waals surface area contributed by atoms with Gasteiger partial charge in [0.15, 0.2) is 11.8 Å². The van der Waals surface area contributed by atoms with Crippen LogP contribution in [0.1, 0.15) is 68.7 Å². The van der Waals surface area contributed by atoms with Crippen LogP contribution in [0.2, 0.25) is 0 Å². The van der Waals surface area contributed by atoms with Crippen molar-refractivity contribution in [3.8, 4) is 0 Å². The predicted octanol–water partition coefficient (Wildman–Crippen LogP) is 3.94. The number of benzene rings is 1. The highest BCUT2D eigenvalue weighted by atomic mass is 127. The molecule has 2 aromatic rings. The molecule has 1 aromatic heterocycles. The molecular formula is C24H38IN7. The summed E-state index contributed by atoms with van der Waals surface area (Å²) in [5, 5.41) is 15.8. The second-order valence-electron chi connectivity index (χ2n) is 9.05. The lowest BCUT2D eigenvalue weighted by atomic mass is 10.0. The number of nitrogens with zero attached hydrogens (tertiary/aromatic N) is 5. The summed E-state index contributed by atoms with van der Waals surface area (Å²) in [5.74, 6) is 2.75. The van der Waals surface area contributed by atoms with Crippen molar-refractivity contribution in [2.75, 3.05) is 13.1 Å². The van der Waals surface area contributed by atoms with Gasteiger partial charge in [-0.3, -0.25) is 4.90 Å². The van der Waals surface area contributed by atoms with Crippen LogP contribution in [0.5, 0.6) is 0 Å². The Morgan fingerprint density at radius 1 is 1.03 bits per heavy atom. The molecule has 1 saturated heterocycles. The number of aryl methyl sites for hydroxylation is 1. The van der Waals surface area contributed by atoms with Crippen molar-refractivity contribution in [1.82, 2.24) is 30.3 Å². The molecule has 0 spiro atoms. The van der Waals surface area contributed by atoms with E-state index in [0.29, 0.717) is 24.7 Å².